The topological polar surface area (TPSA) is 29.1 Å². The Morgan fingerprint density at radius 3 is 2.33 bits per heavy atom. The van der Waals surface area contributed by atoms with E-state index in [-0.39, 0.29) is 11.9 Å². The molecule has 0 unspecified atom stereocenters. The standard InChI is InChI=1S/C21H25NOS/c1-16(22-21(23)15-24-20-9-5-6-10-20)17-11-13-19(14-12-17)18-7-3-2-4-8-18/h2-4,7-8,11-14,16,20H,5-6,9-10,15H2,1H3,(H,22,23)/t16-/m1/s1. The van der Waals surface area contributed by atoms with Gasteiger partial charge in [0.15, 0.2) is 0 Å². The maximum absolute atomic E-state index is 12.1. The Hall–Kier alpha value is -1.74. The minimum atomic E-state index is 0.0477. The number of hydrogen-bond acceptors (Lipinski definition) is 2. The van der Waals surface area contributed by atoms with Gasteiger partial charge in [0, 0.05) is 5.25 Å². The van der Waals surface area contributed by atoms with Crippen molar-refractivity contribution in [3.63, 3.8) is 0 Å². The minimum absolute atomic E-state index is 0.0477. The van der Waals surface area contributed by atoms with E-state index in [0.29, 0.717) is 11.0 Å². The largest absolute Gasteiger partial charge is 0.349 e. The fourth-order valence-corrected chi connectivity index (χ4v) is 4.35. The SMILES string of the molecule is C[C@@H](NC(=O)CSC1CCCC1)c1ccc(-c2ccccc2)cc1. The van der Waals surface area contributed by atoms with E-state index in [9.17, 15) is 4.79 Å². The first-order valence-corrected chi connectivity index (χ1v) is 9.83. The van der Waals surface area contributed by atoms with E-state index < -0.39 is 0 Å². The van der Waals surface area contributed by atoms with Gasteiger partial charge in [-0.3, -0.25) is 4.79 Å². The molecule has 126 valence electrons. The number of carbonyl (C=O) groups is 1. The zero-order chi connectivity index (χ0) is 16.8. The molecule has 1 atom stereocenters. The highest BCUT2D eigenvalue weighted by molar-refractivity contribution is 8.00. The van der Waals surface area contributed by atoms with Crippen molar-refractivity contribution < 1.29 is 4.79 Å². The quantitative estimate of drug-likeness (QED) is 0.783. The molecule has 0 saturated heterocycles. The molecule has 3 rings (SSSR count). The van der Waals surface area contributed by atoms with Crippen molar-refractivity contribution in [2.24, 2.45) is 0 Å². The van der Waals surface area contributed by atoms with Crippen molar-refractivity contribution in [2.45, 2.75) is 43.9 Å². The molecule has 0 heterocycles. The molecule has 1 aliphatic rings. The van der Waals surface area contributed by atoms with Gasteiger partial charge in [0.05, 0.1) is 11.8 Å². The third-order valence-electron chi connectivity index (χ3n) is 4.65. The Morgan fingerprint density at radius 1 is 1.04 bits per heavy atom. The number of carbonyl (C=O) groups excluding carboxylic acids is 1. The van der Waals surface area contributed by atoms with Gasteiger partial charge in [-0.15, -0.1) is 11.8 Å². The molecule has 0 aliphatic heterocycles. The van der Waals surface area contributed by atoms with Gasteiger partial charge in [0.1, 0.15) is 0 Å². The van der Waals surface area contributed by atoms with Crippen LogP contribution in [0, 0.1) is 0 Å². The summed E-state index contributed by atoms with van der Waals surface area (Å²) >= 11 is 1.82. The van der Waals surface area contributed by atoms with Gasteiger partial charge in [-0.25, -0.2) is 0 Å². The van der Waals surface area contributed by atoms with Gasteiger partial charge < -0.3 is 5.32 Å². The average molecular weight is 340 g/mol. The van der Waals surface area contributed by atoms with Crippen molar-refractivity contribution in [2.75, 3.05) is 5.75 Å². The van der Waals surface area contributed by atoms with Crippen LogP contribution in [0.15, 0.2) is 54.6 Å². The van der Waals surface area contributed by atoms with Crippen LogP contribution in [0.25, 0.3) is 11.1 Å². The van der Waals surface area contributed by atoms with Crippen LogP contribution in [0.4, 0.5) is 0 Å². The molecule has 1 saturated carbocycles. The van der Waals surface area contributed by atoms with E-state index in [0.717, 1.165) is 5.56 Å². The summed E-state index contributed by atoms with van der Waals surface area (Å²) in [4.78, 5) is 12.1. The smallest absolute Gasteiger partial charge is 0.230 e. The van der Waals surface area contributed by atoms with Crippen molar-refractivity contribution in [3.05, 3.63) is 60.2 Å². The summed E-state index contributed by atoms with van der Waals surface area (Å²) in [6.07, 6.45) is 5.19. The predicted octanol–water partition coefficient (Wildman–Crippen LogP) is 5.21. The second-order valence-electron chi connectivity index (χ2n) is 6.49. The van der Waals surface area contributed by atoms with E-state index in [1.165, 1.54) is 36.8 Å². The highest BCUT2D eigenvalue weighted by Crippen LogP contribution is 2.29. The average Bonchev–Trinajstić information content (AvgIpc) is 3.14. The van der Waals surface area contributed by atoms with E-state index in [4.69, 9.17) is 0 Å². The molecule has 2 aromatic rings. The molecular weight excluding hydrogens is 314 g/mol. The lowest BCUT2D eigenvalue weighted by atomic mass is 10.0. The Balaban J connectivity index is 1.52. The number of thioether (sulfide) groups is 1. The van der Waals surface area contributed by atoms with Crippen molar-refractivity contribution >= 4 is 17.7 Å². The second-order valence-corrected chi connectivity index (χ2v) is 7.78. The zero-order valence-electron chi connectivity index (χ0n) is 14.2. The zero-order valence-corrected chi connectivity index (χ0v) is 15.0. The summed E-state index contributed by atoms with van der Waals surface area (Å²) in [5.41, 5.74) is 3.57. The van der Waals surface area contributed by atoms with E-state index in [2.05, 4.69) is 48.6 Å². The first kappa shape index (κ1) is 17.1. The molecule has 0 spiro atoms. The number of amides is 1. The summed E-state index contributed by atoms with van der Waals surface area (Å²) < 4.78 is 0. The lowest BCUT2D eigenvalue weighted by Crippen LogP contribution is -2.28. The number of hydrogen-bond donors (Lipinski definition) is 1. The molecule has 1 aliphatic carbocycles. The third kappa shape index (κ3) is 4.64. The molecule has 0 radical (unpaired) electrons. The normalized spacial score (nSPS) is 16.0. The lowest BCUT2D eigenvalue weighted by molar-refractivity contribution is -0.119. The van der Waals surface area contributed by atoms with Crippen LogP contribution in [0.5, 0.6) is 0 Å². The molecule has 24 heavy (non-hydrogen) atoms. The number of rotatable bonds is 6. The molecule has 1 N–H and O–H groups in total. The third-order valence-corrected chi connectivity index (χ3v) is 6.02. The molecule has 0 aromatic heterocycles. The van der Waals surface area contributed by atoms with Crippen molar-refractivity contribution in [3.8, 4) is 11.1 Å². The van der Waals surface area contributed by atoms with Crippen LogP contribution >= 0.6 is 11.8 Å². The maximum atomic E-state index is 12.1. The predicted molar refractivity (Wildman–Crippen MR) is 103 cm³/mol. The fourth-order valence-electron chi connectivity index (χ4n) is 3.21. The highest BCUT2D eigenvalue weighted by atomic mass is 32.2. The van der Waals surface area contributed by atoms with Gasteiger partial charge in [-0.2, -0.15) is 0 Å². The Kier molecular flexibility index (Phi) is 5.97. The molecule has 2 nitrogen and oxygen atoms in total. The van der Waals surface area contributed by atoms with Gasteiger partial charge in [-0.1, -0.05) is 67.4 Å². The van der Waals surface area contributed by atoms with Crippen molar-refractivity contribution in [1.82, 2.24) is 5.32 Å². The van der Waals surface area contributed by atoms with Crippen LogP contribution in [-0.2, 0) is 4.79 Å². The minimum Gasteiger partial charge on any atom is -0.349 e. The Morgan fingerprint density at radius 2 is 1.67 bits per heavy atom. The fraction of sp³-hybridized carbons (Fsp3) is 0.381. The summed E-state index contributed by atoms with van der Waals surface area (Å²) in [7, 11) is 0. The van der Waals surface area contributed by atoms with Crippen LogP contribution in [-0.4, -0.2) is 16.9 Å². The summed E-state index contributed by atoms with van der Waals surface area (Å²) in [6.45, 7) is 2.05. The molecule has 1 amide bonds. The van der Waals surface area contributed by atoms with Crippen LogP contribution in [0.1, 0.15) is 44.2 Å². The Bertz CT molecular complexity index is 647. The van der Waals surface area contributed by atoms with Gasteiger partial charge in [0.2, 0.25) is 5.91 Å². The monoisotopic (exact) mass is 339 g/mol. The molecule has 0 bridgehead atoms. The molecule has 1 fully saturated rings. The molecule has 2 aromatic carbocycles. The maximum Gasteiger partial charge on any atom is 0.230 e. The highest BCUT2D eigenvalue weighted by Gasteiger charge is 2.17. The molecule has 3 heteroatoms. The van der Waals surface area contributed by atoms with Crippen molar-refractivity contribution in [1.29, 1.82) is 0 Å². The van der Waals surface area contributed by atoms with Crippen LogP contribution in [0.2, 0.25) is 0 Å². The summed E-state index contributed by atoms with van der Waals surface area (Å²) in [6, 6.07) is 18.9. The van der Waals surface area contributed by atoms with E-state index in [1.807, 2.05) is 30.0 Å². The molecular formula is C21H25NOS. The summed E-state index contributed by atoms with van der Waals surface area (Å²) in [5.74, 6) is 0.725. The first-order chi connectivity index (χ1) is 11.7. The first-order valence-electron chi connectivity index (χ1n) is 8.79. The summed E-state index contributed by atoms with van der Waals surface area (Å²) in [5, 5.41) is 3.81. The van der Waals surface area contributed by atoms with E-state index in [1.54, 1.807) is 0 Å². The number of benzene rings is 2. The van der Waals surface area contributed by atoms with Gasteiger partial charge >= 0.3 is 0 Å². The van der Waals surface area contributed by atoms with Gasteiger partial charge in [0.25, 0.3) is 0 Å². The van der Waals surface area contributed by atoms with Crippen LogP contribution < -0.4 is 5.32 Å². The lowest BCUT2D eigenvalue weighted by Gasteiger charge is -2.16. The number of nitrogens with one attached hydrogen (secondary N) is 1. The van der Waals surface area contributed by atoms with E-state index >= 15 is 0 Å². The van der Waals surface area contributed by atoms with Crippen LogP contribution in [0.3, 0.4) is 0 Å². The second kappa shape index (κ2) is 8.39. The van der Waals surface area contributed by atoms with Gasteiger partial charge in [-0.05, 0) is 36.5 Å². The Labute approximate surface area is 149 Å².